The van der Waals surface area contributed by atoms with Gasteiger partial charge >= 0.3 is 5.97 Å². The van der Waals surface area contributed by atoms with Crippen molar-refractivity contribution in [1.29, 1.82) is 0 Å². The monoisotopic (exact) mass is 288 g/mol. The molecule has 0 heterocycles. The van der Waals surface area contributed by atoms with Crippen LogP contribution in [0.5, 0.6) is 5.75 Å². The van der Waals surface area contributed by atoms with Crippen LogP contribution in [-0.4, -0.2) is 11.1 Å². The second kappa shape index (κ2) is 5.95. The summed E-state index contributed by atoms with van der Waals surface area (Å²) >= 11 is 0. The summed E-state index contributed by atoms with van der Waals surface area (Å²) in [6.45, 7) is 5.89. The largest absolute Gasteiger partial charge is 0.489 e. The molecule has 0 aliphatic carbocycles. The van der Waals surface area contributed by atoms with E-state index in [-0.39, 0.29) is 17.7 Å². The van der Waals surface area contributed by atoms with Crippen LogP contribution in [0.3, 0.4) is 0 Å². The smallest absolute Gasteiger partial charge is 0.335 e. The van der Waals surface area contributed by atoms with Crippen LogP contribution in [-0.2, 0) is 6.61 Å². The van der Waals surface area contributed by atoms with E-state index in [0.717, 1.165) is 22.8 Å². The quantitative estimate of drug-likeness (QED) is 0.924. The minimum absolute atomic E-state index is 0.00329. The molecular weight excluding hydrogens is 271 g/mol. The summed E-state index contributed by atoms with van der Waals surface area (Å²) in [6.07, 6.45) is 0. The molecule has 0 amide bonds. The first kappa shape index (κ1) is 15.0. The van der Waals surface area contributed by atoms with Gasteiger partial charge in [-0.2, -0.15) is 0 Å². The van der Waals surface area contributed by atoms with Crippen LogP contribution in [0.25, 0.3) is 0 Å². The summed E-state index contributed by atoms with van der Waals surface area (Å²) < 4.78 is 19.4. The molecular formula is C17H17FO3. The van der Waals surface area contributed by atoms with Crippen LogP contribution in [0.4, 0.5) is 4.39 Å². The van der Waals surface area contributed by atoms with E-state index in [0.29, 0.717) is 5.75 Å². The van der Waals surface area contributed by atoms with Gasteiger partial charge in [-0.25, -0.2) is 9.18 Å². The number of rotatable bonds is 4. The molecule has 21 heavy (non-hydrogen) atoms. The lowest BCUT2D eigenvalue weighted by Crippen LogP contribution is -2.04. The number of carbonyl (C=O) groups is 1. The predicted octanol–water partition coefficient (Wildman–Crippen LogP) is 4.03. The van der Waals surface area contributed by atoms with Crippen LogP contribution < -0.4 is 4.74 Å². The SMILES string of the molecule is Cc1cc(C)c(C)c(OCc2cc(C(=O)O)ccc2F)c1. The molecule has 0 fully saturated rings. The fourth-order valence-electron chi connectivity index (χ4n) is 2.12. The van der Waals surface area contributed by atoms with Gasteiger partial charge in [0.15, 0.2) is 0 Å². The highest BCUT2D eigenvalue weighted by Gasteiger charge is 2.10. The third-order valence-corrected chi connectivity index (χ3v) is 3.44. The lowest BCUT2D eigenvalue weighted by molar-refractivity contribution is 0.0696. The average Bonchev–Trinajstić information content (AvgIpc) is 2.42. The van der Waals surface area contributed by atoms with Crippen molar-refractivity contribution in [3.8, 4) is 5.75 Å². The second-order valence-corrected chi connectivity index (χ2v) is 5.10. The summed E-state index contributed by atoms with van der Waals surface area (Å²) in [5.41, 5.74) is 3.44. The third kappa shape index (κ3) is 3.40. The van der Waals surface area contributed by atoms with Crippen molar-refractivity contribution < 1.29 is 19.0 Å². The molecule has 1 N–H and O–H groups in total. The maximum atomic E-state index is 13.7. The topological polar surface area (TPSA) is 46.5 Å². The predicted molar refractivity (Wildman–Crippen MR) is 78.3 cm³/mol. The van der Waals surface area contributed by atoms with Gasteiger partial charge in [0.1, 0.15) is 18.2 Å². The molecule has 4 heteroatoms. The van der Waals surface area contributed by atoms with Crippen molar-refractivity contribution in [3.05, 3.63) is 64.0 Å². The van der Waals surface area contributed by atoms with Crippen LogP contribution in [0.1, 0.15) is 32.6 Å². The number of halogens is 1. The van der Waals surface area contributed by atoms with Gasteiger partial charge in [0, 0.05) is 5.56 Å². The first-order chi connectivity index (χ1) is 9.88. The van der Waals surface area contributed by atoms with E-state index in [9.17, 15) is 9.18 Å². The van der Waals surface area contributed by atoms with E-state index in [1.54, 1.807) is 0 Å². The van der Waals surface area contributed by atoms with E-state index < -0.39 is 11.8 Å². The Kier molecular flexibility index (Phi) is 4.26. The second-order valence-electron chi connectivity index (χ2n) is 5.10. The Morgan fingerprint density at radius 1 is 1.19 bits per heavy atom. The highest BCUT2D eigenvalue weighted by Crippen LogP contribution is 2.24. The Balaban J connectivity index is 2.24. The van der Waals surface area contributed by atoms with Gasteiger partial charge < -0.3 is 9.84 Å². The number of hydrogen-bond donors (Lipinski definition) is 1. The molecule has 2 rings (SSSR count). The highest BCUT2D eigenvalue weighted by molar-refractivity contribution is 5.87. The minimum Gasteiger partial charge on any atom is -0.489 e. The molecule has 0 saturated heterocycles. The van der Waals surface area contributed by atoms with Crippen LogP contribution >= 0.6 is 0 Å². The number of benzene rings is 2. The van der Waals surface area contributed by atoms with Gasteiger partial charge in [-0.1, -0.05) is 6.07 Å². The molecule has 0 aliphatic heterocycles. The van der Waals surface area contributed by atoms with Crippen LogP contribution in [0.15, 0.2) is 30.3 Å². The van der Waals surface area contributed by atoms with Crippen molar-refractivity contribution in [2.75, 3.05) is 0 Å². The van der Waals surface area contributed by atoms with E-state index >= 15 is 0 Å². The number of hydrogen-bond acceptors (Lipinski definition) is 2. The van der Waals surface area contributed by atoms with E-state index in [1.807, 2.05) is 32.9 Å². The number of aromatic carboxylic acids is 1. The van der Waals surface area contributed by atoms with E-state index in [1.165, 1.54) is 12.1 Å². The first-order valence-electron chi connectivity index (χ1n) is 6.61. The average molecular weight is 288 g/mol. The van der Waals surface area contributed by atoms with Gasteiger partial charge in [-0.15, -0.1) is 0 Å². The van der Waals surface area contributed by atoms with Gasteiger partial charge in [0.25, 0.3) is 0 Å². The normalized spacial score (nSPS) is 10.5. The summed E-state index contributed by atoms with van der Waals surface area (Å²) in [4.78, 5) is 10.9. The molecule has 0 unspecified atom stereocenters. The van der Waals surface area contributed by atoms with Gasteiger partial charge in [0.2, 0.25) is 0 Å². The number of carboxylic acids is 1. The van der Waals surface area contributed by atoms with Crippen LogP contribution in [0, 0.1) is 26.6 Å². The fraction of sp³-hybridized carbons (Fsp3) is 0.235. The number of carboxylic acid groups (broad SMARTS) is 1. The lowest BCUT2D eigenvalue weighted by atomic mass is 10.1. The van der Waals surface area contributed by atoms with Gasteiger partial charge in [0.05, 0.1) is 5.56 Å². The van der Waals surface area contributed by atoms with E-state index in [4.69, 9.17) is 9.84 Å². The minimum atomic E-state index is -1.08. The zero-order valence-corrected chi connectivity index (χ0v) is 12.2. The van der Waals surface area contributed by atoms with Gasteiger partial charge in [-0.3, -0.25) is 0 Å². The molecule has 110 valence electrons. The maximum absolute atomic E-state index is 13.7. The molecule has 0 saturated carbocycles. The summed E-state index contributed by atoms with van der Waals surface area (Å²) in [5, 5.41) is 8.94. The lowest BCUT2D eigenvalue weighted by Gasteiger charge is -2.13. The molecule has 0 aromatic heterocycles. The number of ether oxygens (including phenoxy) is 1. The Bertz CT molecular complexity index is 693. The van der Waals surface area contributed by atoms with Crippen LogP contribution in [0.2, 0.25) is 0 Å². The van der Waals surface area contributed by atoms with Crippen molar-refractivity contribution in [3.63, 3.8) is 0 Å². The maximum Gasteiger partial charge on any atom is 0.335 e. The molecule has 0 atom stereocenters. The zero-order valence-electron chi connectivity index (χ0n) is 12.2. The highest BCUT2D eigenvalue weighted by atomic mass is 19.1. The molecule has 0 aliphatic rings. The number of aryl methyl sites for hydroxylation is 2. The Labute approximate surface area is 123 Å². The molecule has 0 bridgehead atoms. The van der Waals surface area contributed by atoms with Gasteiger partial charge in [-0.05, 0) is 61.7 Å². The molecule has 0 radical (unpaired) electrons. The Hall–Kier alpha value is -2.36. The fourth-order valence-corrected chi connectivity index (χ4v) is 2.12. The van der Waals surface area contributed by atoms with E-state index in [2.05, 4.69) is 0 Å². The van der Waals surface area contributed by atoms with Crippen molar-refractivity contribution >= 4 is 5.97 Å². The first-order valence-corrected chi connectivity index (χ1v) is 6.61. The molecule has 2 aromatic rings. The molecule has 0 spiro atoms. The third-order valence-electron chi connectivity index (χ3n) is 3.44. The van der Waals surface area contributed by atoms with Crippen molar-refractivity contribution in [1.82, 2.24) is 0 Å². The molecule has 3 nitrogen and oxygen atoms in total. The summed E-state index contributed by atoms with van der Waals surface area (Å²) in [6, 6.07) is 7.63. The Morgan fingerprint density at radius 3 is 2.57 bits per heavy atom. The standard InChI is InChI=1S/C17H17FO3/c1-10-6-11(2)12(3)16(7-10)21-9-14-8-13(17(19)20)4-5-15(14)18/h4-8H,9H2,1-3H3,(H,19,20). The summed E-state index contributed by atoms with van der Waals surface area (Å²) in [5.74, 6) is -0.867. The van der Waals surface area contributed by atoms with Crippen molar-refractivity contribution in [2.45, 2.75) is 27.4 Å². The summed E-state index contributed by atoms with van der Waals surface area (Å²) in [7, 11) is 0. The Morgan fingerprint density at radius 2 is 1.90 bits per heavy atom. The molecule has 2 aromatic carbocycles. The zero-order chi connectivity index (χ0) is 15.6. The van der Waals surface area contributed by atoms with Crippen molar-refractivity contribution in [2.24, 2.45) is 0 Å².